The summed E-state index contributed by atoms with van der Waals surface area (Å²) >= 11 is 0. The van der Waals surface area contributed by atoms with Crippen molar-refractivity contribution in [2.45, 2.75) is 0 Å². The number of nitrogens with zero attached hydrogens (tertiary/aromatic N) is 1. The number of quaternary nitrogens is 1. The van der Waals surface area contributed by atoms with E-state index in [0.717, 1.165) is 11.1 Å². The van der Waals surface area contributed by atoms with E-state index in [1.165, 1.54) is 5.32 Å². The van der Waals surface area contributed by atoms with Crippen LogP contribution in [0.1, 0.15) is 5.56 Å². The molecule has 0 saturated heterocycles. The predicted molar refractivity (Wildman–Crippen MR) is 50.2 cm³/mol. The molecule has 1 aliphatic rings. The van der Waals surface area contributed by atoms with Gasteiger partial charge in [0.1, 0.15) is 6.20 Å². The maximum Gasteiger partial charge on any atom is 0.443 e. The van der Waals surface area contributed by atoms with Gasteiger partial charge in [0.25, 0.3) is 0 Å². The molecule has 1 aromatic carbocycles. The van der Waals surface area contributed by atoms with Crippen molar-refractivity contribution in [1.82, 2.24) is 0 Å². The number of carbonyl (C=O) groups excluding carboxylic acids is 1. The average Bonchev–Trinajstić information content (AvgIpc) is 2.20. The van der Waals surface area contributed by atoms with Crippen molar-refractivity contribution in [1.29, 1.82) is 0 Å². The van der Waals surface area contributed by atoms with Crippen molar-refractivity contribution >= 4 is 17.8 Å². The molecular weight excluding hydrogens is 200 g/mol. The Morgan fingerprint density at radius 3 is 2.43 bits per heavy atom. The van der Waals surface area contributed by atoms with E-state index in [9.17, 15) is 4.79 Å². The molecule has 1 aliphatic heterocycles. The molecule has 0 fully saturated rings. The van der Waals surface area contributed by atoms with Gasteiger partial charge in [-0.05, 0) is 5.56 Å². The minimum atomic E-state index is -0.195. The van der Waals surface area contributed by atoms with Crippen LogP contribution in [0.4, 0.5) is 4.79 Å². The van der Waals surface area contributed by atoms with Crippen molar-refractivity contribution < 1.29 is 22.5 Å². The van der Waals surface area contributed by atoms with E-state index in [0.29, 0.717) is 0 Å². The zero-order chi connectivity index (χ0) is 9.10. The summed E-state index contributed by atoms with van der Waals surface area (Å²) in [6, 6.07) is 9.66. The van der Waals surface area contributed by atoms with Crippen molar-refractivity contribution in [3.63, 3.8) is 0 Å². The van der Waals surface area contributed by atoms with Gasteiger partial charge in [-0.25, -0.2) is 10.1 Å². The van der Waals surface area contributed by atoms with Gasteiger partial charge in [-0.3, -0.25) is 0 Å². The van der Waals surface area contributed by atoms with Crippen LogP contribution in [-0.4, -0.2) is 12.2 Å². The van der Waals surface area contributed by atoms with Crippen molar-refractivity contribution in [2.24, 2.45) is 4.99 Å². The van der Waals surface area contributed by atoms with E-state index in [1.807, 2.05) is 30.3 Å². The number of primary amides is 1. The number of nitrogens with two attached hydrogens (primary N) is 1. The molecule has 0 bridgehead atoms. The molecule has 1 aromatic rings. The van der Waals surface area contributed by atoms with Gasteiger partial charge < -0.3 is 12.4 Å². The van der Waals surface area contributed by atoms with Gasteiger partial charge in [-0.1, -0.05) is 30.3 Å². The molecular formula is C10H9ClN2O. The first-order valence-electron chi connectivity index (χ1n) is 4.05. The molecule has 0 spiro atoms. The second-order valence-electron chi connectivity index (χ2n) is 2.75. The van der Waals surface area contributed by atoms with Crippen LogP contribution in [0, 0.1) is 0 Å². The van der Waals surface area contributed by atoms with E-state index >= 15 is 0 Å². The van der Waals surface area contributed by atoms with E-state index in [-0.39, 0.29) is 18.4 Å². The Morgan fingerprint density at radius 1 is 1.14 bits per heavy atom. The SMILES string of the molecule is O=C1N=CC(c2ccccc2)=C[NH2+]1.[Cl-]. The molecule has 2 amide bonds. The fourth-order valence-corrected chi connectivity index (χ4v) is 1.18. The summed E-state index contributed by atoms with van der Waals surface area (Å²) in [5, 5.41) is 1.47. The summed E-state index contributed by atoms with van der Waals surface area (Å²) in [6.45, 7) is 0. The summed E-state index contributed by atoms with van der Waals surface area (Å²) in [7, 11) is 0. The normalized spacial score (nSPS) is 14.6. The van der Waals surface area contributed by atoms with E-state index < -0.39 is 0 Å². The average molecular weight is 209 g/mol. The highest BCUT2D eigenvalue weighted by Gasteiger charge is 2.09. The number of aliphatic imine (C=N–C) groups is 1. The molecule has 0 saturated carbocycles. The molecule has 1 heterocycles. The van der Waals surface area contributed by atoms with Gasteiger partial charge in [0, 0.05) is 6.21 Å². The molecule has 3 nitrogen and oxygen atoms in total. The number of hydrogen-bond acceptors (Lipinski definition) is 1. The molecule has 0 atom stereocenters. The Kier molecular flexibility index (Phi) is 3.56. The van der Waals surface area contributed by atoms with Gasteiger partial charge >= 0.3 is 6.03 Å². The molecule has 0 aromatic heterocycles. The lowest BCUT2D eigenvalue weighted by atomic mass is 10.1. The molecule has 2 N–H and O–H groups in total. The number of amides is 2. The number of allylic oxidation sites excluding steroid dienone is 1. The summed E-state index contributed by atoms with van der Waals surface area (Å²) in [6.07, 6.45) is 3.38. The number of hydrogen-bond donors (Lipinski definition) is 1. The van der Waals surface area contributed by atoms with Crippen LogP contribution >= 0.6 is 0 Å². The number of benzene rings is 1. The smallest absolute Gasteiger partial charge is 0.443 e. The van der Waals surface area contributed by atoms with E-state index in [4.69, 9.17) is 0 Å². The third-order valence-corrected chi connectivity index (χ3v) is 1.84. The first-order chi connectivity index (χ1) is 6.36. The van der Waals surface area contributed by atoms with Crippen molar-refractivity contribution in [3.05, 3.63) is 42.1 Å². The Morgan fingerprint density at radius 2 is 1.86 bits per heavy atom. The van der Waals surface area contributed by atoms with E-state index in [1.54, 1.807) is 12.4 Å². The fourth-order valence-electron chi connectivity index (χ4n) is 1.18. The third kappa shape index (κ3) is 2.28. The second kappa shape index (κ2) is 4.69. The standard InChI is InChI=1S/C10H8N2O.ClH/c13-10-11-6-9(7-12-10)8-4-2-1-3-5-8;/h1-7H,(H,11,12,13);1H. The van der Waals surface area contributed by atoms with Crippen molar-refractivity contribution in [2.75, 3.05) is 0 Å². The Labute approximate surface area is 88.0 Å². The van der Waals surface area contributed by atoms with Crippen LogP contribution < -0.4 is 17.7 Å². The van der Waals surface area contributed by atoms with Crippen molar-refractivity contribution in [3.8, 4) is 0 Å². The first-order valence-corrected chi connectivity index (χ1v) is 4.05. The Bertz CT molecular complexity index is 384. The topological polar surface area (TPSA) is 46.0 Å². The summed E-state index contributed by atoms with van der Waals surface area (Å²) in [5.74, 6) is 0. The number of urea groups is 1. The third-order valence-electron chi connectivity index (χ3n) is 1.84. The molecule has 0 unspecified atom stereocenters. The molecule has 0 aliphatic carbocycles. The Hall–Kier alpha value is -1.45. The largest absolute Gasteiger partial charge is 1.00 e. The first kappa shape index (κ1) is 10.6. The molecule has 72 valence electrons. The monoisotopic (exact) mass is 208 g/mol. The van der Waals surface area contributed by atoms with Crippen LogP contribution in [-0.2, 0) is 0 Å². The Balaban J connectivity index is 0.000000980. The fraction of sp³-hybridized carbons (Fsp3) is 0. The predicted octanol–water partition coefficient (Wildman–Crippen LogP) is -2.20. The highest BCUT2D eigenvalue weighted by atomic mass is 35.5. The van der Waals surface area contributed by atoms with Crippen LogP contribution in [0.2, 0.25) is 0 Å². The van der Waals surface area contributed by atoms with Crippen LogP contribution in [0.15, 0.2) is 41.5 Å². The zero-order valence-corrected chi connectivity index (χ0v) is 8.11. The summed E-state index contributed by atoms with van der Waals surface area (Å²) in [4.78, 5) is 14.4. The number of rotatable bonds is 1. The highest BCUT2D eigenvalue weighted by molar-refractivity contribution is 6.12. The minimum absolute atomic E-state index is 0. The summed E-state index contributed by atoms with van der Waals surface area (Å²) in [5.41, 5.74) is 2.05. The van der Waals surface area contributed by atoms with Gasteiger partial charge in [0.15, 0.2) is 0 Å². The molecule has 0 radical (unpaired) electrons. The lowest BCUT2D eigenvalue weighted by Crippen LogP contribution is -3.00. The quantitative estimate of drug-likeness (QED) is 0.560. The van der Waals surface area contributed by atoms with Crippen LogP contribution in [0.5, 0.6) is 0 Å². The molecule has 2 rings (SSSR count). The van der Waals surface area contributed by atoms with Gasteiger partial charge in [-0.15, -0.1) is 0 Å². The van der Waals surface area contributed by atoms with Gasteiger partial charge in [0.05, 0.1) is 5.57 Å². The van der Waals surface area contributed by atoms with Crippen LogP contribution in [0.3, 0.4) is 0 Å². The lowest BCUT2D eigenvalue weighted by Gasteiger charge is -2.02. The second-order valence-corrected chi connectivity index (χ2v) is 2.75. The minimum Gasteiger partial charge on any atom is -1.00 e. The van der Waals surface area contributed by atoms with E-state index in [2.05, 4.69) is 4.99 Å². The molecule has 14 heavy (non-hydrogen) atoms. The highest BCUT2D eigenvalue weighted by Crippen LogP contribution is 2.10. The number of carbonyl (C=O) groups is 1. The molecule has 4 heteroatoms. The number of halogens is 1. The van der Waals surface area contributed by atoms with Gasteiger partial charge in [-0.2, -0.15) is 4.99 Å². The maximum absolute atomic E-state index is 10.7. The maximum atomic E-state index is 10.7. The van der Waals surface area contributed by atoms with Crippen LogP contribution in [0.25, 0.3) is 5.57 Å². The lowest BCUT2D eigenvalue weighted by molar-refractivity contribution is -0.478. The summed E-state index contributed by atoms with van der Waals surface area (Å²) < 4.78 is 0. The zero-order valence-electron chi connectivity index (χ0n) is 7.35. The van der Waals surface area contributed by atoms with Gasteiger partial charge in [0.2, 0.25) is 0 Å².